The monoisotopic (exact) mass is 282 g/mol. The van der Waals surface area contributed by atoms with E-state index in [2.05, 4.69) is 11.8 Å². The minimum absolute atomic E-state index is 0.250. The van der Waals surface area contributed by atoms with E-state index in [0.717, 1.165) is 0 Å². The van der Waals surface area contributed by atoms with E-state index in [-0.39, 0.29) is 6.47 Å². The Morgan fingerprint density at radius 2 is 1.45 bits per heavy atom. The third-order valence-corrected chi connectivity index (χ3v) is 1.52. The molecule has 110 valence electrons. The van der Waals surface area contributed by atoms with Gasteiger partial charge in [-0.15, -0.1) is 0 Å². The Balaban J connectivity index is 0. The van der Waals surface area contributed by atoms with E-state index in [0.29, 0.717) is 5.56 Å². The van der Waals surface area contributed by atoms with Crippen molar-refractivity contribution in [2.24, 2.45) is 0 Å². The van der Waals surface area contributed by atoms with Crippen LogP contribution in [0.3, 0.4) is 0 Å². The van der Waals surface area contributed by atoms with Crippen molar-refractivity contribution in [2.75, 3.05) is 0 Å². The first-order valence-corrected chi connectivity index (χ1v) is 5.58. The summed E-state index contributed by atoms with van der Waals surface area (Å²) in [5.74, 6) is 3.92. The summed E-state index contributed by atoms with van der Waals surface area (Å²) < 4.78 is 0. The molecule has 6 heteroatoms. The van der Waals surface area contributed by atoms with Gasteiger partial charge in [0.1, 0.15) is 12.2 Å². The van der Waals surface area contributed by atoms with Crippen LogP contribution < -0.4 is 0 Å². The highest BCUT2D eigenvalue weighted by atomic mass is 16.4. The zero-order valence-electron chi connectivity index (χ0n) is 11.2. The number of carboxylic acids is 1. The number of aliphatic hydroxyl groups excluding tert-OH is 2. The van der Waals surface area contributed by atoms with Crippen LogP contribution in [0.2, 0.25) is 0 Å². The van der Waals surface area contributed by atoms with E-state index in [4.69, 9.17) is 25.2 Å². The summed E-state index contributed by atoms with van der Waals surface area (Å²) in [6, 6.07) is 8.30. The fourth-order valence-corrected chi connectivity index (χ4v) is 0.822. The molecule has 0 heterocycles. The van der Waals surface area contributed by atoms with E-state index in [9.17, 15) is 4.79 Å². The molecular formula is C14H18O6. The number of hydrogen-bond donors (Lipinski definition) is 4. The number of benzene rings is 1. The molecule has 1 rings (SSSR count). The predicted molar refractivity (Wildman–Crippen MR) is 73.2 cm³/mol. The van der Waals surface area contributed by atoms with Crippen molar-refractivity contribution in [3.05, 3.63) is 35.9 Å². The molecule has 0 aromatic heterocycles. The van der Waals surface area contributed by atoms with Crippen LogP contribution in [0.25, 0.3) is 0 Å². The highest BCUT2D eigenvalue weighted by Gasteiger charge is 1.96. The van der Waals surface area contributed by atoms with Crippen molar-refractivity contribution in [3.8, 4) is 11.8 Å². The van der Waals surface area contributed by atoms with Crippen molar-refractivity contribution in [2.45, 2.75) is 26.1 Å². The summed E-state index contributed by atoms with van der Waals surface area (Å²) in [6.07, 6.45) is -1.27. The van der Waals surface area contributed by atoms with Crippen molar-refractivity contribution in [3.63, 3.8) is 0 Å². The lowest BCUT2D eigenvalue weighted by atomic mass is 10.2. The second-order valence-corrected chi connectivity index (χ2v) is 3.42. The van der Waals surface area contributed by atoms with Crippen LogP contribution in [0.5, 0.6) is 0 Å². The lowest BCUT2D eigenvalue weighted by Gasteiger charge is -1.89. The van der Waals surface area contributed by atoms with Crippen LogP contribution in [-0.2, 0) is 4.79 Å². The molecule has 1 aromatic rings. The minimum atomic E-state index is -0.879. The van der Waals surface area contributed by atoms with Crippen LogP contribution >= 0.6 is 0 Å². The van der Waals surface area contributed by atoms with Crippen molar-refractivity contribution < 1.29 is 30.0 Å². The number of aliphatic hydroxyl groups is 2. The van der Waals surface area contributed by atoms with Gasteiger partial charge in [0, 0.05) is 0 Å². The fraction of sp³-hybridized carbons (Fsp3) is 0.286. The van der Waals surface area contributed by atoms with E-state index in [1.807, 2.05) is 0 Å². The molecule has 0 fully saturated rings. The molecule has 0 amide bonds. The molecule has 0 aliphatic rings. The largest absolute Gasteiger partial charge is 0.483 e. The Bertz CT molecular complexity index is 416. The fourth-order valence-electron chi connectivity index (χ4n) is 0.822. The molecule has 4 N–H and O–H groups in total. The van der Waals surface area contributed by atoms with Gasteiger partial charge < -0.3 is 20.4 Å². The van der Waals surface area contributed by atoms with E-state index in [1.165, 1.54) is 0 Å². The van der Waals surface area contributed by atoms with Gasteiger partial charge in [0.05, 0.1) is 5.56 Å². The third-order valence-electron chi connectivity index (χ3n) is 1.52. The standard InChI is InChI=1S/C7H6O2.C6H10O2.CH2O2/c8-7(9)6-4-2-1-3-5-6;1-5(7)3-4-6(2)8;2-1-3/h1-5H,(H,8,9);5-8H,1-2H3;1H,(H,2,3). The molecule has 0 aliphatic carbocycles. The average Bonchev–Trinajstić information content (AvgIpc) is 2.39. The summed E-state index contributed by atoms with van der Waals surface area (Å²) in [6.45, 7) is 2.85. The Labute approximate surface area is 117 Å². The first-order valence-electron chi connectivity index (χ1n) is 5.58. The zero-order valence-corrected chi connectivity index (χ0v) is 11.2. The molecule has 0 aliphatic heterocycles. The van der Waals surface area contributed by atoms with Crippen molar-refractivity contribution in [1.29, 1.82) is 0 Å². The topological polar surface area (TPSA) is 115 Å². The van der Waals surface area contributed by atoms with E-state index in [1.54, 1.807) is 44.2 Å². The second kappa shape index (κ2) is 13.1. The SMILES string of the molecule is CC(O)C#CC(C)O.O=C(O)c1ccccc1.O=CO. The first-order chi connectivity index (χ1) is 9.34. The average molecular weight is 282 g/mol. The molecule has 0 saturated heterocycles. The number of carboxylic acid groups (broad SMARTS) is 2. The van der Waals surface area contributed by atoms with E-state index >= 15 is 0 Å². The van der Waals surface area contributed by atoms with Crippen LogP contribution in [-0.4, -0.2) is 45.1 Å². The second-order valence-electron chi connectivity index (χ2n) is 3.42. The summed E-state index contributed by atoms with van der Waals surface area (Å²) in [5.41, 5.74) is 0.331. The molecular weight excluding hydrogens is 264 g/mol. The maximum absolute atomic E-state index is 10.2. The van der Waals surface area contributed by atoms with Gasteiger partial charge in [-0.3, -0.25) is 4.79 Å². The Kier molecular flexibility index (Phi) is 13.1. The third kappa shape index (κ3) is 15.6. The molecule has 6 nitrogen and oxygen atoms in total. The molecule has 0 saturated carbocycles. The summed E-state index contributed by atoms with van der Waals surface area (Å²) in [4.78, 5) is 18.6. The van der Waals surface area contributed by atoms with Crippen molar-refractivity contribution >= 4 is 12.4 Å². The van der Waals surface area contributed by atoms with Crippen LogP contribution in [0.1, 0.15) is 24.2 Å². The molecule has 1 aromatic carbocycles. The first kappa shape index (κ1) is 20.0. The minimum Gasteiger partial charge on any atom is -0.483 e. The maximum atomic E-state index is 10.2. The summed E-state index contributed by atoms with van der Waals surface area (Å²) in [7, 11) is 0. The molecule has 0 bridgehead atoms. The smallest absolute Gasteiger partial charge is 0.335 e. The Morgan fingerprint density at radius 1 is 1.10 bits per heavy atom. The number of hydrogen-bond acceptors (Lipinski definition) is 4. The molecule has 20 heavy (non-hydrogen) atoms. The summed E-state index contributed by atoms with van der Waals surface area (Å²) in [5, 5.41) is 32.3. The number of rotatable bonds is 1. The normalized spacial score (nSPS) is 11.0. The highest BCUT2D eigenvalue weighted by Crippen LogP contribution is 1.96. The quantitative estimate of drug-likeness (QED) is 0.448. The molecule has 2 unspecified atom stereocenters. The van der Waals surface area contributed by atoms with Gasteiger partial charge in [0.2, 0.25) is 0 Å². The van der Waals surface area contributed by atoms with E-state index < -0.39 is 18.2 Å². The highest BCUT2D eigenvalue weighted by molar-refractivity contribution is 5.87. The van der Waals surface area contributed by atoms with Gasteiger partial charge in [-0.25, -0.2) is 4.79 Å². The molecule has 2 atom stereocenters. The Morgan fingerprint density at radius 3 is 1.65 bits per heavy atom. The van der Waals surface area contributed by atoms with Crippen molar-refractivity contribution in [1.82, 2.24) is 0 Å². The van der Waals surface area contributed by atoms with Gasteiger partial charge in [-0.05, 0) is 26.0 Å². The van der Waals surface area contributed by atoms with Gasteiger partial charge >= 0.3 is 5.97 Å². The summed E-state index contributed by atoms with van der Waals surface area (Å²) >= 11 is 0. The Hall–Kier alpha value is -2.36. The van der Waals surface area contributed by atoms with Crippen LogP contribution in [0.4, 0.5) is 0 Å². The lowest BCUT2D eigenvalue weighted by Crippen LogP contribution is -1.98. The maximum Gasteiger partial charge on any atom is 0.335 e. The predicted octanol–water partition coefficient (Wildman–Crippen LogP) is 0.837. The number of carbonyl (C=O) groups is 2. The van der Waals surface area contributed by atoms with Gasteiger partial charge in [0.25, 0.3) is 6.47 Å². The van der Waals surface area contributed by atoms with Crippen LogP contribution in [0.15, 0.2) is 30.3 Å². The van der Waals surface area contributed by atoms with Gasteiger partial charge in [-0.1, -0.05) is 30.0 Å². The van der Waals surface area contributed by atoms with Gasteiger partial charge in [0.15, 0.2) is 0 Å². The zero-order chi connectivity index (χ0) is 16.0. The molecule has 0 spiro atoms. The molecule has 0 radical (unpaired) electrons. The lowest BCUT2D eigenvalue weighted by molar-refractivity contribution is -0.122. The number of aromatic carboxylic acids is 1. The van der Waals surface area contributed by atoms with Crippen LogP contribution in [0, 0.1) is 11.8 Å². The van der Waals surface area contributed by atoms with Gasteiger partial charge in [-0.2, -0.15) is 0 Å².